The number of rotatable bonds is 4. The molecule has 0 bridgehead atoms. The van der Waals surface area contributed by atoms with E-state index >= 15 is 0 Å². The second-order valence-corrected chi connectivity index (χ2v) is 3.53. The molecule has 0 saturated heterocycles. The van der Waals surface area contributed by atoms with Crippen LogP contribution in [0.25, 0.3) is 0 Å². The molecular formula is C16H23NO2. The number of carbonyl (C=O) groups is 1. The molecule has 104 valence electrons. The van der Waals surface area contributed by atoms with Crippen LogP contribution in [0.15, 0.2) is 42.1 Å². The van der Waals surface area contributed by atoms with Crippen LogP contribution in [-0.2, 0) is 11.2 Å². The summed E-state index contributed by atoms with van der Waals surface area (Å²) in [5.41, 5.74) is 2.39. The van der Waals surface area contributed by atoms with Crippen LogP contribution >= 0.6 is 0 Å². The van der Waals surface area contributed by atoms with E-state index in [1.54, 1.807) is 18.3 Å². The molecular weight excluding hydrogens is 238 g/mol. The van der Waals surface area contributed by atoms with Gasteiger partial charge in [-0.25, -0.2) is 4.79 Å². The van der Waals surface area contributed by atoms with Gasteiger partial charge in [0.2, 0.25) is 0 Å². The van der Waals surface area contributed by atoms with Gasteiger partial charge in [0.25, 0.3) is 0 Å². The molecule has 1 aromatic heterocycles. The third-order valence-electron chi connectivity index (χ3n) is 2.42. The van der Waals surface area contributed by atoms with Crippen molar-refractivity contribution in [2.75, 3.05) is 7.11 Å². The smallest absolute Gasteiger partial charge is 0.339 e. The van der Waals surface area contributed by atoms with Crippen molar-refractivity contribution in [1.29, 1.82) is 0 Å². The Kier molecular flexibility index (Phi) is 9.06. The van der Waals surface area contributed by atoms with E-state index in [2.05, 4.69) is 4.98 Å². The molecule has 0 aliphatic rings. The number of hydrogen-bond acceptors (Lipinski definition) is 3. The Morgan fingerprint density at radius 2 is 2.05 bits per heavy atom. The first-order valence-corrected chi connectivity index (χ1v) is 6.53. The summed E-state index contributed by atoms with van der Waals surface area (Å²) in [6.45, 7) is 7.93. The van der Waals surface area contributed by atoms with Gasteiger partial charge in [0, 0.05) is 12.6 Å². The van der Waals surface area contributed by atoms with E-state index in [1.807, 2.05) is 45.9 Å². The number of carbonyl (C=O) groups excluding carboxylic acids is 1. The molecule has 0 spiro atoms. The number of hydrogen-bond donors (Lipinski definition) is 0. The van der Waals surface area contributed by atoms with Gasteiger partial charge in [-0.3, -0.25) is 4.98 Å². The molecule has 1 rings (SSSR count). The van der Waals surface area contributed by atoms with Gasteiger partial charge in [-0.1, -0.05) is 32.1 Å². The van der Waals surface area contributed by atoms with Crippen molar-refractivity contribution < 1.29 is 9.53 Å². The fourth-order valence-electron chi connectivity index (χ4n) is 1.54. The fraction of sp³-hybridized carbons (Fsp3) is 0.375. The van der Waals surface area contributed by atoms with Gasteiger partial charge >= 0.3 is 5.97 Å². The highest BCUT2D eigenvalue weighted by atomic mass is 16.5. The number of nitrogens with zero attached hydrogens (tertiary/aromatic N) is 1. The minimum atomic E-state index is -0.343. The fourth-order valence-corrected chi connectivity index (χ4v) is 1.54. The molecule has 19 heavy (non-hydrogen) atoms. The van der Waals surface area contributed by atoms with E-state index in [-0.39, 0.29) is 5.97 Å². The van der Waals surface area contributed by atoms with Crippen LogP contribution in [0, 0.1) is 0 Å². The minimum Gasteiger partial charge on any atom is -0.465 e. The first-order chi connectivity index (χ1) is 9.22. The number of aromatic nitrogens is 1. The van der Waals surface area contributed by atoms with E-state index in [4.69, 9.17) is 4.74 Å². The van der Waals surface area contributed by atoms with Crippen LogP contribution in [0.4, 0.5) is 0 Å². The highest BCUT2D eigenvalue weighted by molar-refractivity contribution is 5.90. The molecule has 0 unspecified atom stereocenters. The van der Waals surface area contributed by atoms with Crippen molar-refractivity contribution in [3.63, 3.8) is 0 Å². The molecule has 0 atom stereocenters. The molecule has 0 aromatic carbocycles. The first-order valence-electron chi connectivity index (χ1n) is 6.53. The number of allylic oxidation sites excluding steroid dienone is 4. The Morgan fingerprint density at radius 3 is 2.58 bits per heavy atom. The highest BCUT2D eigenvalue weighted by Gasteiger charge is 2.12. The molecule has 0 aliphatic heterocycles. The average molecular weight is 261 g/mol. The lowest BCUT2D eigenvalue weighted by molar-refractivity contribution is 0.0599. The zero-order valence-corrected chi connectivity index (χ0v) is 12.4. The summed E-state index contributed by atoms with van der Waals surface area (Å²) in [5.74, 6) is -0.343. The Balaban J connectivity index is 0.00000154. The first kappa shape index (κ1) is 17.1. The van der Waals surface area contributed by atoms with Crippen LogP contribution < -0.4 is 0 Å². The maximum atomic E-state index is 11.6. The van der Waals surface area contributed by atoms with E-state index in [9.17, 15) is 4.79 Å². The Morgan fingerprint density at radius 1 is 1.37 bits per heavy atom. The third-order valence-corrected chi connectivity index (χ3v) is 2.42. The maximum Gasteiger partial charge on any atom is 0.339 e. The number of ether oxygens (including phenoxy) is 1. The van der Waals surface area contributed by atoms with Gasteiger partial charge < -0.3 is 4.74 Å². The van der Waals surface area contributed by atoms with Gasteiger partial charge in [0.05, 0.1) is 18.4 Å². The second-order valence-electron chi connectivity index (χ2n) is 3.53. The summed E-state index contributed by atoms with van der Waals surface area (Å²) in [4.78, 5) is 15.8. The molecule has 0 fully saturated rings. The predicted octanol–water partition coefficient (Wildman–Crippen LogP) is 3.96. The van der Waals surface area contributed by atoms with Crippen molar-refractivity contribution in [3.8, 4) is 0 Å². The Hall–Kier alpha value is -1.90. The SMILES string of the molecule is C/C=C\C(=C/C)Cc1ncccc1C(=O)OC.CC. The number of esters is 1. The van der Waals surface area contributed by atoms with Crippen LogP contribution in [-0.4, -0.2) is 18.1 Å². The largest absolute Gasteiger partial charge is 0.465 e. The summed E-state index contributed by atoms with van der Waals surface area (Å²) < 4.78 is 4.74. The summed E-state index contributed by atoms with van der Waals surface area (Å²) in [6.07, 6.45) is 8.30. The Bertz CT molecular complexity index is 448. The van der Waals surface area contributed by atoms with Crippen LogP contribution in [0.1, 0.15) is 43.7 Å². The van der Waals surface area contributed by atoms with Gasteiger partial charge in [0.15, 0.2) is 0 Å². The monoisotopic (exact) mass is 261 g/mol. The van der Waals surface area contributed by atoms with Crippen LogP contribution in [0.3, 0.4) is 0 Å². The lowest BCUT2D eigenvalue weighted by Gasteiger charge is -2.07. The molecule has 0 saturated carbocycles. The summed E-state index contributed by atoms with van der Waals surface area (Å²) >= 11 is 0. The van der Waals surface area contributed by atoms with Crippen molar-refractivity contribution in [2.45, 2.75) is 34.1 Å². The number of pyridine rings is 1. The molecule has 1 aromatic rings. The minimum absolute atomic E-state index is 0.343. The van der Waals surface area contributed by atoms with Crippen molar-refractivity contribution in [3.05, 3.63) is 53.4 Å². The zero-order valence-electron chi connectivity index (χ0n) is 12.4. The topological polar surface area (TPSA) is 39.2 Å². The lowest BCUT2D eigenvalue weighted by atomic mass is 10.0. The third kappa shape index (κ3) is 5.51. The van der Waals surface area contributed by atoms with Gasteiger partial charge in [-0.15, -0.1) is 0 Å². The van der Waals surface area contributed by atoms with Gasteiger partial charge in [-0.05, 0) is 31.6 Å². The molecule has 1 heterocycles. The molecule has 3 nitrogen and oxygen atoms in total. The van der Waals surface area contributed by atoms with E-state index in [0.29, 0.717) is 12.0 Å². The van der Waals surface area contributed by atoms with E-state index < -0.39 is 0 Å². The standard InChI is InChI=1S/C14H17NO2.C2H6/c1-4-7-11(5-2)10-13-12(14(16)17-3)8-6-9-15-13;1-2/h4-9H,10H2,1-3H3;1-2H3/b7-4-,11-5+;. The van der Waals surface area contributed by atoms with Crippen LogP contribution in [0.5, 0.6) is 0 Å². The van der Waals surface area contributed by atoms with Crippen molar-refractivity contribution >= 4 is 5.97 Å². The summed E-state index contributed by atoms with van der Waals surface area (Å²) in [6, 6.07) is 3.47. The molecule has 0 amide bonds. The summed E-state index contributed by atoms with van der Waals surface area (Å²) in [7, 11) is 1.38. The maximum absolute atomic E-state index is 11.6. The molecule has 0 N–H and O–H groups in total. The zero-order chi connectivity index (χ0) is 14.7. The molecule has 3 heteroatoms. The van der Waals surface area contributed by atoms with E-state index in [0.717, 1.165) is 11.3 Å². The normalized spacial score (nSPS) is 10.9. The second kappa shape index (κ2) is 10.1. The predicted molar refractivity (Wildman–Crippen MR) is 79.2 cm³/mol. The van der Waals surface area contributed by atoms with Crippen molar-refractivity contribution in [2.24, 2.45) is 0 Å². The highest BCUT2D eigenvalue weighted by Crippen LogP contribution is 2.13. The number of methoxy groups -OCH3 is 1. The van der Waals surface area contributed by atoms with Gasteiger partial charge in [0.1, 0.15) is 0 Å². The average Bonchev–Trinajstić information content (AvgIpc) is 2.48. The van der Waals surface area contributed by atoms with Crippen LogP contribution in [0.2, 0.25) is 0 Å². The lowest BCUT2D eigenvalue weighted by Crippen LogP contribution is -2.07. The molecule has 0 aliphatic carbocycles. The quantitative estimate of drug-likeness (QED) is 0.608. The van der Waals surface area contributed by atoms with Crippen molar-refractivity contribution in [1.82, 2.24) is 4.98 Å². The van der Waals surface area contributed by atoms with Gasteiger partial charge in [-0.2, -0.15) is 0 Å². The Labute approximate surface area is 116 Å². The molecule has 0 radical (unpaired) electrons. The van der Waals surface area contributed by atoms with E-state index in [1.165, 1.54) is 7.11 Å². The summed E-state index contributed by atoms with van der Waals surface area (Å²) in [5, 5.41) is 0.